The number of rotatable bonds is 6. The molecular formula is C14H21ClN4O6S. The van der Waals surface area contributed by atoms with Gasteiger partial charge in [0, 0.05) is 45.4 Å². The standard InChI is InChI=1S/C14H20N4O6S.ClH/c1-24-10-13(15)14(19)16-5-7-17(8-6-16)25(22,23)12-4-2-3-11(9-12)18(20)21;/h2-4,9,13H,5-8,10,15H2,1H3;1H. The lowest BCUT2D eigenvalue weighted by Gasteiger charge is -2.35. The number of carbonyl (C=O) groups excluding carboxylic acids is 1. The topological polar surface area (TPSA) is 136 Å². The molecule has 2 N–H and O–H groups in total. The predicted octanol–water partition coefficient (Wildman–Crippen LogP) is -0.177. The molecule has 0 spiro atoms. The molecule has 2 rings (SSSR count). The number of piperazine rings is 1. The van der Waals surface area contributed by atoms with E-state index in [0.29, 0.717) is 0 Å². The molecule has 0 saturated carbocycles. The molecule has 1 atom stereocenters. The lowest BCUT2D eigenvalue weighted by Crippen LogP contribution is -2.55. The molecule has 1 heterocycles. The monoisotopic (exact) mass is 408 g/mol. The molecule has 1 saturated heterocycles. The molecule has 12 heteroatoms. The Kier molecular flexibility index (Phi) is 7.90. The van der Waals surface area contributed by atoms with Gasteiger partial charge < -0.3 is 15.4 Å². The van der Waals surface area contributed by atoms with Crippen LogP contribution in [0.4, 0.5) is 5.69 Å². The highest BCUT2D eigenvalue weighted by molar-refractivity contribution is 7.89. The summed E-state index contributed by atoms with van der Waals surface area (Å²) in [5.74, 6) is -0.297. The molecule has 1 aromatic carbocycles. The predicted molar refractivity (Wildman–Crippen MR) is 95.5 cm³/mol. The van der Waals surface area contributed by atoms with E-state index in [1.807, 2.05) is 0 Å². The van der Waals surface area contributed by atoms with Crippen LogP contribution in [-0.4, -0.2) is 74.4 Å². The molecule has 0 bridgehead atoms. The number of non-ortho nitro benzene ring substituents is 1. The van der Waals surface area contributed by atoms with Crippen molar-refractivity contribution in [3.05, 3.63) is 34.4 Å². The molecule has 0 radical (unpaired) electrons. The van der Waals surface area contributed by atoms with Crippen molar-refractivity contribution in [3.8, 4) is 0 Å². The first-order valence-corrected chi connectivity index (χ1v) is 8.99. The van der Waals surface area contributed by atoms with E-state index in [9.17, 15) is 23.3 Å². The molecule has 1 aliphatic rings. The van der Waals surface area contributed by atoms with E-state index >= 15 is 0 Å². The van der Waals surface area contributed by atoms with E-state index < -0.39 is 21.0 Å². The number of amides is 1. The summed E-state index contributed by atoms with van der Waals surface area (Å²) in [6.45, 7) is 0.673. The normalized spacial score (nSPS) is 16.6. The van der Waals surface area contributed by atoms with Gasteiger partial charge in [-0.15, -0.1) is 12.4 Å². The van der Waals surface area contributed by atoms with Crippen molar-refractivity contribution >= 4 is 34.0 Å². The van der Waals surface area contributed by atoms with Gasteiger partial charge in [-0.1, -0.05) is 6.07 Å². The third-order valence-electron chi connectivity index (χ3n) is 3.88. The lowest BCUT2D eigenvalue weighted by molar-refractivity contribution is -0.385. The van der Waals surface area contributed by atoms with Gasteiger partial charge in [0.2, 0.25) is 15.9 Å². The number of nitro groups is 1. The summed E-state index contributed by atoms with van der Waals surface area (Å²) in [6.07, 6.45) is 0. The number of sulfonamides is 1. The van der Waals surface area contributed by atoms with Crippen LogP contribution in [0.15, 0.2) is 29.2 Å². The molecule has 1 aromatic rings. The van der Waals surface area contributed by atoms with Crippen molar-refractivity contribution in [3.63, 3.8) is 0 Å². The third kappa shape index (κ3) is 4.89. The van der Waals surface area contributed by atoms with E-state index in [0.717, 1.165) is 6.07 Å². The summed E-state index contributed by atoms with van der Waals surface area (Å²) in [5.41, 5.74) is 5.41. The van der Waals surface area contributed by atoms with Gasteiger partial charge in [-0.3, -0.25) is 14.9 Å². The maximum atomic E-state index is 12.6. The smallest absolute Gasteiger partial charge is 0.270 e. The molecular weight excluding hydrogens is 388 g/mol. The highest BCUT2D eigenvalue weighted by atomic mass is 35.5. The molecule has 146 valence electrons. The zero-order chi connectivity index (χ0) is 18.6. The maximum Gasteiger partial charge on any atom is 0.270 e. The van der Waals surface area contributed by atoms with Crippen LogP contribution in [0.25, 0.3) is 0 Å². The second kappa shape index (κ2) is 9.24. The Morgan fingerprint density at radius 3 is 2.50 bits per heavy atom. The number of ether oxygens (including phenoxy) is 1. The summed E-state index contributed by atoms with van der Waals surface area (Å²) in [7, 11) is -2.42. The Labute approximate surface area is 157 Å². The third-order valence-corrected chi connectivity index (χ3v) is 5.77. The number of methoxy groups -OCH3 is 1. The van der Waals surface area contributed by atoms with Crippen LogP contribution >= 0.6 is 12.4 Å². The number of benzene rings is 1. The number of nitrogens with zero attached hydrogens (tertiary/aromatic N) is 3. The van der Waals surface area contributed by atoms with E-state index in [1.165, 1.54) is 34.5 Å². The average molecular weight is 409 g/mol. The summed E-state index contributed by atoms with van der Waals surface area (Å²) < 4.78 is 31.3. The summed E-state index contributed by atoms with van der Waals surface area (Å²) in [6, 6.07) is 4.11. The Balaban J connectivity index is 0.00000338. The fourth-order valence-corrected chi connectivity index (χ4v) is 4.00. The number of hydrogen-bond donors (Lipinski definition) is 1. The van der Waals surface area contributed by atoms with Crippen LogP contribution in [0, 0.1) is 10.1 Å². The number of halogens is 1. The molecule has 1 fully saturated rings. The average Bonchev–Trinajstić information content (AvgIpc) is 2.61. The summed E-state index contributed by atoms with van der Waals surface area (Å²) in [5, 5.41) is 10.8. The van der Waals surface area contributed by atoms with Gasteiger partial charge in [0.25, 0.3) is 5.69 Å². The number of nitro benzene ring substituents is 1. The van der Waals surface area contributed by atoms with Crippen LogP contribution in [-0.2, 0) is 19.6 Å². The number of carbonyl (C=O) groups is 1. The second-order valence-electron chi connectivity index (χ2n) is 5.55. The van der Waals surface area contributed by atoms with Crippen molar-refractivity contribution in [1.29, 1.82) is 0 Å². The van der Waals surface area contributed by atoms with Gasteiger partial charge in [-0.25, -0.2) is 8.42 Å². The molecule has 0 aliphatic carbocycles. The van der Waals surface area contributed by atoms with Crippen LogP contribution < -0.4 is 5.73 Å². The Bertz CT molecular complexity index is 752. The van der Waals surface area contributed by atoms with Crippen LogP contribution in [0.3, 0.4) is 0 Å². The zero-order valence-electron chi connectivity index (χ0n) is 14.1. The minimum Gasteiger partial charge on any atom is -0.383 e. The first-order chi connectivity index (χ1) is 11.8. The highest BCUT2D eigenvalue weighted by Gasteiger charge is 2.32. The molecule has 0 aromatic heterocycles. The molecule has 1 amide bonds. The Morgan fingerprint density at radius 2 is 1.96 bits per heavy atom. The molecule has 1 aliphatic heterocycles. The fraction of sp³-hybridized carbons (Fsp3) is 0.500. The van der Waals surface area contributed by atoms with Gasteiger partial charge in [0.05, 0.1) is 16.4 Å². The van der Waals surface area contributed by atoms with E-state index in [-0.39, 0.29) is 61.7 Å². The molecule has 26 heavy (non-hydrogen) atoms. The first kappa shape index (κ1) is 22.3. The van der Waals surface area contributed by atoms with Gasteiger partial charge in [0.1, 0.15) is 6.04 Å². The molecule has 1 unspecified atom stereocenters. The second-order valence-corrected chi connectivity index (χ2v) is 7.48. The van der Waals surface area contributed by atoms with E-state index in [4.69, 9.17) is 10.5 Å². The summed E-state index contributed by atoms with van der Waals surface area (Å²) in [4.78, 5) is 23.6. The van der Waals surface area contributed by atoms with Crippen LogP contribution in [0.5, 0.6) is 0 Å². The van der Waals surface area contributed by atoms with Crippen molar-refractivity contribution in [1.82, 2.24) is 9.21 Å². The van der Waals surface area contributed by atoms with Crippen LogP contribution in [0.1, 0.15) is 0 Å². The fourth-order valence-electron chi connectivity index (χ4n) is 2.54. The van der Waals surface area contributed by atoms with Crippen molar-refractivity contribution < 1.29 is 22.9 Å². The Hall–Kier alpha value is -1.79. The number of nitrogens with two attached hydrogens (primary N) is 1. The lowest BCUT2D eigenvalue weighted by atomic mass is 10.2. The first-order valence-electron chi connectivity index (χ1n) is 7.55. The van der Waals surface area contributed by atoms with Gasteiger partial charge >= 0.3 is 0 Å². The quantitative estimate of drug-likeness (QED) is 0.509. The van der Waals surface area contributed by atoms with Gasteiger partial charge in [-0.2, -0.15) is 4.31 Å². The van der Waals surface area contributed by atoms with E-state index in [2.05, 4.69) is 0 Å². The van der Waals surface area contributed by atoms with Crippen molar-refractivity contribution in [2.45, 2.75) is 10.9 Å². The van der Waals surface area contributed by atoms with Crippen molar-refractivity contribution in [2.75, 3.05) is 39.9 Å². The Morgan fingerprint density at radius 1 is 1.35 bits per heavy atom. The minimum atomic E-state index is -3.86. The maximum absolute atomic E-state index is 12.6. The molecule has 10 nitrogen and oxygen atoms in total. The van der Waals surface area contributed by atoms with Gasteiger partial charge in [0.15, 0.2) is 0 Å². The highest BCUT2D eigenvalue weighted by Crippen LogP contribution is 2.22. The van der Waals surface area contributed by atoms with E-state index in [1.54, 1.807) is 0 Å². The largest absolute Gasteiger partial charge is 0.383 e. The minimum absolute atomic E-state index is 0. The van der Waals surface area contributed by atoms with Crippen molar-refractivity contribution in [2.24, 2.45) is 5.73 Å². The zero-order valence-corrected chi connectivity index (χ0v) is 15.7. The van der Waals surface area contributed by atoms with Gasteiger partial charge in [-0.05, 0) is 6.07 Å². The number of hydrogen-bond acceptors (Lipinski definition) is 7. The SMILES string of the molecule is COCC(N)C(=O)N1CCN(S(=O)(=O)c2cccc([N+](=O)[O-])c2)CC1.Cl. The van der Waals surface area contributed by atoms with Crippen LogP contribution in [0.2, 0.25) is 0 Å². The summed E-state index contributed by atoms with van der Waals surface area (Å²) >= 11 is 0.